The normalized spacial score (nSPS) is 11.8. The number of halogens is 5. The Balaban J connectivity index is 3.49. The van der Waals surface area contributed by atoms with Crippen molar-refractivity contribution in [3.63, 3.8) is 0 Å². The first-order valence-corrected chi connectivity index (χ1v) is 5.36. The number of rotatable bonds is 4. The minimum absolute atomic E-state index is 0.0340. The predicted molar refractivity (Wildman–Crippen MR) is 57.5 cm³/mol. The van der Waals surface area contributed by atoms with Crippen molar-refractivity contribution in [2.45, 2.75) is 33.1 Å². The van der Waals surface area contributed by atoms with Crippen LogP contribution in [0.4, 0.5) is 22.0 Å². The summed E-state index contributed by atoms with van der Waals surface area (Å²) >= 11 is 0. The zero-order valence-corrected chi connectivity index (χ0v) is 10.1. The molecule has 1 aromatic carbocycles. The number of carbonyl (C=O) groups is 1. The summed E-state index contributed by atoms with van der Waals surface area (Å²) in [7, 11) is 0. The SMILES string of the molecule is CCc1cc(C(F)(F)F)cc(C(C)=O)c1OC(F)F. The van der Waals surface area contributed by atoms with Crippen molar-refractivity contribution in [1.82, 2.24) is 0 Å². The quantitative estimate of drug-likeness (QED) is 0.614. The molecule has 0 aliphatic heterocycles. The van der Waals surface area contributed by atoms with Crippen molar-refractivity contribution < 1.29 is 31.5 Å². The summed E-state index contributed by atoms with van der Waals surface area (Å²) in [6, 6.07) is 1.24. The lowest BCUT2D eigenvalue weighted by Crippen LogP contribution is -2.13. The van der Waals surface area contributed by atoms with E-state index in [2.05, 4.69) is 4.74 Å². The van der Waals surface area contributed by atoms with Crippen LogP contribution in [0.2, 0.25) is 0 Å². The van der Waals surface area contributed by atoms with E-state index >= 15 is 0 Å². The molecule has 19 heavy (non-hydrogen) atoms. The van der Waals surface area contributed by atoms with Gasteiger partial charge in [-0.15, -0.1) is 0 Å². The van der Waals surface area contributed by atoms with Crippen LogP contribution in [0.1, 0.15) is 35.3 Å². The van der Waals surface area contributed by atoms with Crippen LogP contribution < -0.4 is 4.74 Å². The first kappa shape index (κ1) is 15.4. The van der Waals surface area contributed by atoms with Gasteiger partial charge >= 0.3 is 12.8 Å². The third kappa shape index (κ3) is 3.65. The maximum absolute atomic E-state index is 12.6. The summed E-state index contributed by atoms with van der Waals surface area (Å²) in [6.45, 7) is -0.731. The van der Waals surface area contributed by atoms with E-state index in [0.29, 0.717) is 12.1 Å². The summed E-state index contributed by atoms with van der Waals surface area (Å²) in [4.78, 5) is 11.3. The van der Waals surface area contributed by atoms with Crippen LogP contribution in [0, 0.1) is 0 Å². The number of aryl methyl sites for hydroxylation is 1. The largest absolute Gasteiger partial charge is 0.434 e. The van der Waals surface area contributed by atoms with Crippen molar-refractivity contribution in [1.29, 1.82) is 0 Å². The molecule has 0 aliphatic carbocycles. The molecule has 2 nitrogen and oxygen atoms in total. The molecule has 0 aliphatic rings. The monoisotopic (exact) mass is 282 g/mol. The molecule has 0 radical (unpaired) electrons. The first-order valence-electron chi connectivity index (χ1n) is 5.36. The molecule has 0 unspecified atom stereocenters. The number of alkyl halides is 5. The van der Waals surface area contributed by atoms with Crippen LogP contribution in [-0.4, -0.2) is 12.4 Å². The Hall–Kier alpha value is -1.66. The van der Waals surface area contributed by atoms with Gasteiger partial charge in [-0.25, -0.2) is 0 Å². The molecule has 0 aromatic heterocycles. The topological polar surface area (TPSA) is 26.3 Å². The number of benzene rings is 1. The molecule has 0 heterocycles. The second-order valence-electron chi connectivity index (χ2n) is 3.80. The van der Waals surface area contributed by atoms with Gasteiger partial charge in [0.25, 0.3) is 0 Å². The van der Waals surface area contributed by atoms with Crippen LogP contribution in [-0.2, 0) is 12.6 Å². The molecule has 0 saturated heterocycles. The molecule has 0 bridgehead atoms. The summed E-state index contributed by atoms with van der Waals surface area (Å²) in [6.07, 6.45) is -4.62. The van der Waals surface area contributed by atoms with Crippen LogP contribution in [0.5, 0.6) is 5.75 Å². The number of carbonyl (C=O) groups excluding carboxylic acids is 1. The highest BCUT2D eigenvalue weighted by molar-refractivity contribution is 5.97. The van der Waals surface area contributed by atoms with Crippen molar-refractivity contribution in [3.8, 4) is 5.75 Å². The minimum Gasteiger partial charge on any atom is -0.434 e. The van der Waals surface area contributed by atoms with E-state index in [0.717, 1.165) is 6.92 Å². The minimum atomic E-state index is -4.66. The van der Waals surface area contributed by atoms with E-state index < -0.39 is 35.4 Å². The molecular formula is C12H11F5O2. The smallest absolute Gasteiger partial charge is 0.416 e. The van der Waals surface area contributed by atoms with Crippen molar-refractivity contribution in [2.24, 2.45) is 0 Å². The third-order valence-corrected chi connectivity index (χ3v) is 2.46. The Morgan fingerprint density at radius 3 is 2.26 bits per heavy atom. The zero-order valence-electron chi connectivity index (χ0n) is 10.1. The van der Waals surface area contributed by atoms with Crippen LogP contribution in [0.15, 0.2) is 12.1 Å². The molecule has 0 saturated carbocycles. The highest BCUT2D eigenvalue weighted by atomic mass is 19.4. The number of Topliss-reactive ketones (excluding diaryl/α,β-unsaturated/α-hetero) is 1. The lowest BCUT2D eigenvalue weighted by molar-refractivity contribution is -0.137. The molecule has 1 aromatic rings. The van der Waals surface area contributed by atoms with Crippen LogP contribution >= 0.6 is 0 Å². The molecule has 0 amide bonds. The van der Waals surface area contributed by atoms with Crippen LogP contribution in [0.3, 0.4) is 0 Å². The van der Waals surface area contributed by atoms with Gasteiger partial charge in [-0.05, 0) is 31.0 Å². The summed E-state index contributed by atoms with van der Waals surface area (Å²) in [5, 5.41) is 0. The molecule has 0 N–H and O–H groups in total. The van der Waals surface area contributed by atoms with Gasteiger partial charge in [0.05, 0.1) is 11.1 Å². The van der Waals surface area contributed by atoms with Crippen LogP contribution in [0.25, 0.3) is 0 Å². The highest BCUT2D eigenvalue weighted by Crippen LogP contribution is 2.36. The number of hydrogen-bond donors (Lipinski definition) is 0. The fourth-order valence-corrected chi connectivity index (χ4v) is 1.60. The average Bonchev–Trinajstić information content (AvgIpc) is 2.26. The Bertz CT molecular complexity index is 480. The average molecular weight is 282 g/mol. The first-order chi connectivity index (χ1) is 8.66. The fraction of sp³-hybridized carbons (Fsp3) is 0.417. The molecular weight excluding hydrogens is 271 g/mol. The molecule has 0 atom stereocenters. The van der Waals surface area contributed by atoms with Gasteiger partial charge in [0, 0.05) is 0 Å². The van der Waals surface area contributed by atoms with Crippen molar-refractivity contribution in [2.75, 3.05) is 0 Å². The zero-order chi connectivity index (χ0) is 14.8. The number of ketones is 1. The molecule has 1 rings (SSSR count). The Labute approximate surface area is 106 Å². The van der Waals surface area contributed by atoms with E-state index in [9.17, 15) is 26.7 Å². The van der Waals surface area contributed by atoms with Crippen molar-refractivity contribution in [3.05, 3.63) is 28.8 Å². The van der Waals surface area contributed by atoms with Gasteiger partial charge in [-0.2, -0.15) is 22.0 Å². The maximum Gasteiger partial charge on any atom is 0.416 e. The number of ether oxygens (including phenoxy) is 1. The Morgan fingerprint density at radius 2 is 1.89 bits per heavy atom. The maximum atomic E-state index is 12.6. The number of hydrogen-bond acceptors (Lipinski definition) is 2. The third-order valence-electron chi connectivity index (χ3n) is 2.46. The fourth-order valence-electron chi connectivity index (χ4n) is 1.60. The summed E-state index contributed by atoms with van der Waals surface area (Å²) in [5.74, 6) is -1.26. The van der Waals surface area contributed by atoms with E-state index in [1.54, 1.807) is 0 Å². The predicted octanol–water partition coefficient (Wildman–Crippen LogP) is 4.07. The standard InChI is InChI=1S/C12H11F5O2/c1-3-7-4-8(12(15,16)17)5-9(6(2)18)10(7)19-11(13)14/h4-5,11H,3H2,1-2H3. The Morgan fingerprint density at radius 1 is 1.32 bits per heavy atom. The van der Waals surface area contributed by atoms with Gasteiger partial charge in [0.2, 0.25) is 0 Å². The molecule has 106 valence electrons. The lowest BCUT2D eigenvalue weighted by atomic mass is 9.99. The molecule has 0 spiro atoms. The summed E-state index contributed by atoms with van der Waals surface area (Å²) in [5.41, 5.74) is -1.64. The van der Waals surface area contributed by atoms with Gasteiger partial charge in [-0.3, -0.25) is 4.79 Å². The van der Waals surface area contributed by atoms with E-state index in [4.69, 9.17) is 0 Å². The van der Waals surface area contributed by atoms with Gasteiger partial charge in [0.1, 0.15) is 5.75 Å². The van der Waals surface area contributed by atoms with Crippen molar-refractivity contribution >= 4 is 5.78 Å². The second-order valence-corrected chi connectivity index (χ2v) is 3.80. The second kappa shape index (κ2) is 5.54. The van der Waals surface area contributed by atoms with Gasteiger partial charge < -0.3 is 4.74 Å². The van der Waals surface area contributed by atoms with Gasteiger partial charge in [-0.1, -0.05) is 6.92 Å². The molecule has 7 heteroatoms. The van der Waals surface area contributed by atoms with E-state index in [-0.39, 0.29) is 12.0 Å². The van der Waals surface area contributed by atoms with Gasteiger partial charge in [0.15, 0.2) is 5.78 Å². The lowest BCUT2D eigenvalue weighted by Gasteiger charge is -2.16. The molecule has 0 fully saturated rings. The Kier molecular flexibility index (Phi) is 4.49. The summed E-state index contributed by atoms with van der Waals surface area (Å²) < 4.78 is 66.6. The van der Waals surface area contributed by atoms with E-state index in [1.807, 2.05) is 0 Å². The van der Waals surface area contributed by atoms with E-state index in [1.165, 1.54) is 6.92 Å². The highest BCUT2D eigenvalue weighted by Gasteiger charge is 2.33.